The van der Waals surface area contributed by atoms with E-state index < -0.39 is 11.6 Å². The third-order valence-electron chi connectivity index (χ3n) is 4.44. The number of nitrogens with zero attached hydrogens (tertiary/aromatic N) is 4. The van der Waals surface area contributed by atoms with Gasteiger partial charge in [-0.15, -0.1) is 0 Å². The highest BCUT2D eigenvalue weighted by molar-refractivity contribution is 9.10. The van der Waals surface area contributed by atoms with Crippen molar-refractivity contribution in [1.82, 2.24) is 19.6 Å². The number of aromatic nitrogens is 2. The Morgan fingerprint density at radius 3 is 2.52 bits per heavy atom. The van der Waals surface area contributed by atoms with Crippen molar-refractivity contribution in [2.75, 3.05) is 26.2 Å². The van der Waals surface area contributed by atoms with E-state index in [9.17, 15) is 13.6 Å². The van der Waals surface area contributed by atoms with Crippen molar-refractivity contribution in [3.05, 3.63) is 51.3 Å². The molecule has 0 aliphatic carbocycles. The summed E-state index contributed by atoms with van der Waals surface area (Å²) in [6.07, 6.45) is 0. The highest BCUT2D eigenvalue weighted by atomic mass is 79.9. The van der Waals surface area contributed by atoms with Gasteiger partial charge in [0.15, 0.2) is 11.6 Å². The number of piperazine rings is 1. The lowest BCUT2D eigenvalue weighted by Gasteiger charge is -2.34. The van der Waals surface area contributed by atoms with E-state index in [1.54, 1.807) is 22.7 Å². The number of amides is 1. The molecule has 0 radical (unpaired) electrons. The van der Waals surface area contributed by atoms with E-state index in [2.05, 4.69) is 21.0 Å². The van der Waals surface area contributed by atoms with E-state index in [0.717, 1.165) is 11.8 Å². The predicted molar refractivity (Wildman–Crippen MR) is 93.2 cm³/mol. The maximum atomic E-state index is 13.8. The predicted octanol–water partition coefficient (Wildman–Crippen LogP) is 2.73. The third-order valence-corrected chi connectivity index (χ3v) is 5.39. The van der Waals surface area contributed by atoms with Crippen LogP contribution in [-0.4, -0.2) is 51.7 Å². The minimum atomic E-state index is -0.831. The molecular weight excluding hydrogens is 394 g/mol. The van der Waals surface area contributed by atoms with Crippen LogP contribution >= 0.6 is 15.9 Å². The number of benzene rings is 1. The van der Waals surface area contributed by atoms with E-state index in [1.807, 2.05) is 11.8 Å². The molecule has 1 aromatic heterocycles. The van der Waals surface area contributed by atoms with E-state index >= 15 is 0 Å². The van der Waals surface area contributed by atoms with Gasteiger partial charge in [-0.1, -0.05) is 12.1 Å². The molecule has 25 heavy (non-hydrogen) atoms. The van der Waals surface area contributed by atoms with Gasteiger partial charge in [-0.3, -0.25) is 14.4 Å². The van der Waals surface area contributed by atoms with Gasteiger partial charge < -0.3 is 4.90 Å². The molecular formula is C17H19BrF2N4O. The van der Waals surface area contributed by atoms with Gasteiger partial charge in [0.05, 0.1) is 10.2 Å². The van der Waals surface area contributed by atoms with Gasteiger partial charge in [0.1, 0.15) is 5.69 Å². The average molecular weight is 413 g/mol. The second kappa shape index (κ2) is 7.21. The fraction of sp³-hybridized carbons (Fsp3) is 0.412. The van der Waals surface area contributed by atoms with Crippen molar-refractivity contribution in [3.63, 3.8) is 0 Å². The summed E-state index contributed by atoms with van der Waals surface area (Å²) in [5.41, 5.74) is 1.64. The summed E-state index contributed by atoms with van der Waals surface area (Å²) in [5.74, 6) is -1.70. The van der Waals surface area contributed by atoms with Crippen molar-refractivity contribution < 1.29 is 13.6 Å². The molecule has 1 aliphatic rings. The van der Waals surface area contributed by atoms with Crippen molar-refractivity contribution in [3.8, 4) is 0 Å². The van der Waals surface area contributed by atoms with Gasteiger partial charge in [-0.25, -0.2) is 8.78 Å². The Balaban J connectivity index is 1.64. The molecule has 5 nitrogen and oxygen atoms in total. The summed E-state index contributed by atoms with van der Waals surface area (Å²) < 4.78 is 29.4. The Labute approximate surface area is 153 Å². The smallest absolute Gasteiger partial charge is 0.273 e. The van der Waals surface area contributed by atoms with Crippen molar-refractivity contribution in [2.24, 2.45) is 7.05 Å². The first-order valence-electron chi connectivity index (χ1n) is 8.02. The summed E-state index contributed by atoms with van der Waals surface area (Å²) in [7, 11) is 1.74. The topological polar surface area (TPSA) is 41.4 Å². The summed E-state index contributed by atoms with van der Waals surface area (Å²) in [5, 5.41) is 4.25. The van der Waals surface area contributed by atoms with Crippen LogP contribution in [0, 0.1) is 18.6 Å². The van der Waals surface area contributed by atoms with Crippen molar-refractivity contribution >= 4 is 21.8 Å². The number of hydrogen-bond donors (Lipinski definition) is 0. The van der Waals surface area contributed by atoms with Gasteiger partial charge in [0.2, 0.25) is 0 Å². The average Bonchev–Trinajstić information content (AvgIpc) is 2.84. The van der Waals surface area contributed by atoms with E-state index in [4.69, 9.17) is 0 Å². The van der Waals surface area contributed by atoms with Crippen LogP contribution in [0.3, 0.4) is 0 Å². The maximum absolute atomic E-state index is 13.8. The molecule has 0 N–H and O–H groups in total. The molecule has 1 aliphatic heterocycles. The molecule has 3 rings (SSSR count). The van der Waals surface area contributed by atoms with Crippen LogP contribution in [0.2, 0.25) is 0 Å². The zero-order valence-corrected chi connectivity index (χ0v) is 15.7. The lowest BCUT2D eigenvalue weighted by molar-refractivity contribution is 0.0615. The quantitative estimate of drug-likeness (QED) is 0.777. The molecule has 0 saturated carbocycles. The number of carbonyl (C=O) groups is 1. The molecule has 1 fully saturated rings. The molecule has 1 aromatic carbocycles. The maximum Gasteiger partial charge on any atom is 0.273 e. The Hall–Kier alpha value is -1.80. The number of aryl methyl sites for hydroxylation is 2. The fourth-order valence-electron chi connectivity index (χ4n) is 3.03. The fourth-order valence-corrected chi connectivity index (χ4v) is 3.54. The van der Waals surface area contributed by atoms with E-state index in [-0.39, 0.29) is 5.91 Å². The lowest BCUT2D eigenvalue weighted by Crippen LogP contribution is -2.48. The minimum Gasteiger partial charge on any atom is -0.335 e. The highest BCUT2D eigenvalue weighted by Gasteiger charge is 2.27. The van der Waals surface area contributed by atoms with Crippen LogP contribution in [0.15, 0.2) is 22.7 Å². The Morgan fingerprint density at radius 1 is 1.24 bits per heavy atom. The van der Waals surface area contributed by atoms with E-state index in [1.165, 1.54) is 6.07 Å². The van der Waals surface area contributed by atoms with E-state index in [0.29, 0.717) is 48.5 Å². The molecule has 0 bridgehead atoms. The summed E-state index contributed by atoms with van der Waals surface area (Å²) in [4.78, 5) is 16.5. The van der Waals surface area contributed by atoms with Crippen LogP contribution in [0.4, 0.5) is 8.78 Å². The SMILES string of the molecule is Cc1nn(C)c(C(=O)N2CCN(Cc3cccc(F)c3F)CC2)c1Br. The molecule has 1 saturated heterocycles. The second-order valence-corrected chi connectivity index (χ2v) is 6.95. The summed E-state index contributed by atoms with van der Waals surface area (Å²) in [6.45, 7) is 4.46. The molecule has 0 unspecified atom stereocenters. The largest absolute Gasteiger partial charge is 0.335 e. The first kappa shape index (κ1) is 18.0. The van der Waals surface area contributed by atoms with Gasteiger partial charge in [0, 0.05) is 45.3 Å². The Morgan fingerprint density at radius 2 is 1.92 bits per heavy atom. The number of carbonyl (C=O) groups excluding carboxylic acids is 1. The zero-order chi connectivity index (χ0) is 18.1. The zero-order valence-electron chi connectivity index (χ0n) is 14.1. The van der Waals surface area contributed by atoms with Crippen molar-refractivity contribution in [2.45, 2.75) is 13.5 Å². The summed E-state index contributed by atoms with van der Waals surface area (Å²) in [6, 6.07) is 4.21. The lowest BCUT2D eigenvalue weighted by atomic mass is 10.1. The monoisotopic (exact) mass is 412 g/mol. The van der Waals surface area contributed by atoms with Crippen LogP contribution in [0.1, 0.15) is 21.7 Å². The van der Waals surface area contributed by atoms with Crippen LogP contribution in [0.25, 0.3) is 0 Å². The second-order valence-electron chi connectivity index (χ2n) is 6.15. The highest BCUT2D eigenvalue weighted by Crippen LogP contribution is 2.22. The third kappa shape index (κ3) is 3.59. The Bertz CT molecular complexity index is 800. The number of halogens is 3. The molecule has 8 heteroatoms. The number of hydrogen-bond acceptors (Lipinski definition) is 3. The minimum absolute atomic E-state index is 0.0773. The Kier molecular flexibility index (Phi) is 5.19. The summed E-state index contributed by atoms with van der Waals surface area (Å²) >= 11 is 3.42. The van der Waals surface area contributed by atoms with Gasteiger partial charge >= 0.3 is 0 Å². The van der Waals surface area contributed by atoms with Gasteiger partial charge in [-0.05, 0) is 28.9 Å². The van der Waals surface area contributed by atoms with Gasteiger partial charge in [-0.2, -0.15) is 5.10 Å². The standard InChI is InChI=1S/C17H19BrF2N4O/c1-11-14(18)16(22(2)21-11)17(25)24-8-6-23(7-9-24)10-12-4-3-5-13(19)15(12)20/h3-5H,6-10H2,1-2H3. The molecule has 0 atom stereocenters. The number of rotatable bonds is 3. The van der Waals surface area contributed by atoms with Crippen LogP contribution in [0.5, 0.6) is 0 Å². The first-order chi connectivity index (χ1) is 11.9. The van der Waals surface area contributed by atoms with Crippen LogP contribution in [-0.2, 0) is 13.6 Å². The van der Waals surface area contributed by atoms with Crippen LogP contribution < -0.4 is 0 Å². The first-order valence-corrected chi connectivity index (χ1v) is 8.81. The molecule has 1 amide bonds. The van der Waals surface area contributed by atoms with Gasteiger partial charge in [0.25, 0.3) is 5.91 Å². The molecule has 0 spiro atoms. The molecule has 2 heterocycles. The molecule has 2 aromatic rings. The van der Waals surface area contributed by atoms with Crippen molar-refractivity contribution in [1.29, 1.82) is 0 Å². The molecule has 134 valence electrons. The normalized spacial score (nSPS) is 15.6.